The second-order valence-electron chi connectivity index (χ2n) is 1.01. The topological polar surface area (TPSA) is 304 Å². The summed E-state index contributed by atoms with van der Waals surface area (Å²) in [7, 11) is -10.3. The van der Waals surface area contributed by atoms with E-state index >= 15 is 0 Å². The maximum absolute atomic E-state index is 8.52. The number of hydrogen-bond donors (Lipinski definition) is 0. The summed E-state index contributed by atoms with van der Waals surface area (Å²) in [5, 5.41) is 16.5. The van der Waals surface area contributed by atoms with E-state index in [-0.39, 0.29) is 80.1 Å². The largest absolute Gasteiger partial charge is 2.00 e. The molecular weight excluding hydrogens is 385 g/mol. The first-order valence-electron chi connectivity index (χ1n) is 2.28. The van der Waals surface area contributed by atoms with Crippen LogP contribution in [0.2, 0.25) is 0 Å². The van der Waals surface area contributed by atoms with Crippen molar-refractivity contribution < 1.29 is 65.8 Å². The van der Waals surface area contributed by atoms with Gasteiger partial charge < -0.3 is 49.0 Å². The zero-order valence-electron chi connectivity index (χ0n) is 9.99. The molecule has 0 aliphatic rings. The van der Waals surface area contributed by atoms with Gasteiger partial charge >= 0.3 is 69.2 Å². The molecule has 0 atom stereocenters. The van der Waals surface area contributed by atoms with Gasteiger partial charge in [0.1, 0.15) is 0 Å². The number of carboxylic acid groups (broad SMARTS) is 2. The van der Waals surface area contributed by atoms with Crippen molar-refractivity contribution in [2.75, 3.05) is 0 Å². The van der Waals surface area contributed by atoms with Crippen molar-refractivity contribution in [2.45, 2.75) is 0 Å². The maximum Gasteiger partial charge on any atom is 2.00 e. The number of rotatable bonds is 0. The summed E-state index contributed by atoms with van der Waals surface area (Å²) < 4.78 is 68.2. The summed E-state index contributed by atoms with van der Waals surface area (Å²) in [4.78, 5) is 16.5. The van der Waals surface area contributed by atoms with E-state index < -0.39 is 33.7 Å². The molecule has 0 amide bonds. The normalized spacial score (nSPS) is 6.67. The van der Waals surface area contributed by atoms with Crippen molar-refractivity contribution in [1.82, 2.24) is 0 Å². The molecule has 0 aromatic carbocycles. The van der Waals surface area contributed by atoms with Gasteiger partial charge in [-0.2, -0.15) is 0 Å². The molecule has 14 nitrogen and oxygen atoms in total. The smallest absolute Gasteiger partial charge is 0.759 e. The van der Waals surface area contributed by atoms with E-state index in [9.17, 15) is 0 Å². The third-order valence-corrected chi connectivity index (χ3v) is 0. The first-order valence-corrected chi connectivity index (χ1v) is 4.94. The van der Waals surface area contributed by atoms with Crippen LogP contribution >= 0.6 is 0 Å². The quantitative estimate of drug-likeness (QED) is 0.161. The van der Waals surface area contributed by atoms with Crippen molar-refractivity contribution in [2.24, 2.45) is 0 Å². The van der Waals surface area contributed by atoms with Gasteiger partial charge in [-0.05, 0) is 0 Å². The van der Waals surface area contributed by atoms with Gasteiger partial charge in [-0.1, -0.05) is 0 Å². The van der Waals surface area contributed by atoms with Crippen molar-refractivity contribution >= 4 is 103 Å². The maximum atomic E-state index is 8.52. The van der Waals surface area contributed by atoms with E-state index in [1.807, 2.05) is 0 Å². The van der Waals surface area contributed by atoms with Gasteiger partial charge in [0, 0.05) is 33.7 Å². The van der Waals surface area contributed by atoms with E-state index in [2.05, 4.69) is 0 Å². The zero-order valence-corrected chi connectivity index (χ0v) is 15.9. The Morgan fingerprint density at radius 2 is 0.571 bits per heavy atom. The van der Waals surface area contributed by atoms with E-state index in [1.165, 1.54) is 0 Å². The van der Waals surface area contributed by atoms with Crippen LogP contribution in [-0.2, 0) is 30.4 Å². The van der Waals surface area contributed by atoms with Crippen LogP contribution in [0, 0.1) is 0 Å². The van der Waals surface area contributed by atoms with Crippen molar-refractivity contribution in [3.05, 3.63) is 0 Å². The fraction of sp³-hybridized carbons (Fsp3) is 0. The van der Waals surface area contributed by atoms with Crippen LogP contribution in [0.5, 0.6) is 0 Å². The molecule has 116 valence electrons. The molecule has 0 fully saturated rings. The van der Waals surface area contributed by atoms with Crippen LogP contribution in [0.15, 0.2) is 0 Å². The molecule has 19 heteroatoms. The van der Waals surface area contributed by atoms with Gasteiger partial charge in [0.15, 0.2) is 0 Å². The van der Waals surface area contributed by atoms with Crippen LogP contribution in [-0.4, -0.2) is 128 Å². The van der Waals surface area contributed by atoms with E-state index in [1.54, 1.807) is 0 Å². The summed E-state index contributed by atoms with van der Waals surface area (Å²) in [5.74, 6) is 0. The summed E-state index contributed by atoms with van der Waals surface area (Å²) in [6, 6.07) is 0. The van der Waals surface area contributed by atoms with Crippen molar-refractivity contribution in [1.29, 1.82) is 0 Å². The van der Waals surface area contributed by atoms with Crippen molar-refractivity contribution in [3.63, 3.8) is 0 Å². The van der Waals surface area contributed by atoms with E-state index in [4.69, 9.17) is 54.8 Å². The number of hydrogen-bond acceptors (Lipinski definition) is 12. The molecule has 4 N–H and O–H groups in total. The molecule has 0 bridgehead atoms. The molecule has 0 radical (unpaired) electrons. The van der Waals surface area contributed by atoms with Gasteiger partial charge in [-0.25, -0.2) is 0 Å². The molecule has 0 aliphatic heterocycles. The monoisotopic (exact) mass is 390 g/mol. The number of carbonyl (C=O) groups is 2. The van der Waals surface area contributed by atoms with Crippen LogP contribution in [0.1, 0.15) is 0 Å². The summed E-state index contributed by atoms with van der Waals surface area (Å²) in [6.45, 7) is -1.00. The Kier molecular flexibility index (Phi) is 102. The van der Waals surface area contributed by atoms with Gasteiger partial charge in [0.2, 0.25) is 0 Å². The average Bonchev–Trinajstić information content (AvgIpc) is 1.79. The van der Waals surface area contributed by atoms with Gasteiger partial charge in [0.05, 0.1) is 0 Å². The van der Waals surface area contributed by atoms with Gasteiger partial charge in [0.25, 0.3) is 0 Å². The Balaban J connectivity index is -0.0000000124. The SMILES string of the molecule is O.O.O=C[O-].O=C[O-].O=S(=O)([O-])[O-].O=S(=O)([O-])[O-].[Mg+2].[Mg+2].[Mg+2]. The molecule has 0 aromatic heterocycles. The Bertz CT molecular complexity index is 294. The van der Waals surface area contributed by atoms with Crippen LogP contribution in [0.25, 0.3) is 0 Å². The van der Waals surface area contributed by atoms with E-state index in [0.717, 1.165) is 0 Å². The van der Waals surface area contributed by atoms with Crippen LogP contribution in [0.4, 0.5) is 0 Å². The second-order valence-corrected chi connectivity index (χ2v) is 2.64. The predicted octanol–water partition coefficient (Wildman–Crippen LogP) is -8.74. The average molecular weight is 391 g/mol. The molecule has 0 aromatic rings. The molecule has 0 unspecified atom stereocenters. The molecule has 0 aliphatic carbocycles. The molecular formula is C2H6Mg3O14S2. The molecule has 0 saturated heterocycles. The summed E-state index contributed by atoms with van der Waals surface area (Å²) in [6.07, 6.45) is 0. The molecule has 0 rings (SSSR count). The fourth-order valence-electron chi connectivity index (χ4n) is 0. The molecule has 0 heterocycles. The molecule has 0 spiro atoms. The van der Waals surface area contributed by atoms with Gasteiger partial charge in [-0.3, -0.25) is 16.8 Å². The predicted molar refractivity (Wildman–Crippen MR) is 57.6 cm³/mol. The summed E-state index contributed by atoms with van der Waals surface area (Å²) in [5.41, 5.74) is 0. The Morgan fingerprint density at radius 1 is 0.571 bits per heavy atom. The molecule has 0 saturated carbocycles. The van der Waals surface area contributed by atoms with Crippen molar-refractivity contribution in [3.8, 4) is 0 Å². The van der Waals surface area contributed by atoms with E-state index in [0.29, 0.717) is 0 Å². The second kappa shape index (κ2) is 37.3. The Labute approximate surface area is 167 Å². The zero-order chi connectivity index (χ0) is 14.4. The first kappa shape index (κ1) is 57.5. The summed E-state index contributed by atoms with van der Waals surface area (Å²) >= 11 is 0. The third kappa shape index (κ3) is 9240. The minimum Gasteiger partial charge on any atom is -0.759 e. The first-order chi connectivity index (χ1) is 6.83. The number of carbonyl (C=O) groups excluding carboxylic acids is 2. The van der Waals surface area contributed by atoms with Crippen LogP contribution in [0.3, 0.4) is 0 Å². The minimum absolute atomic E-state index is 0. The Morgan fingerprint density at radius 3 is 0.571 bits per heavy atom. The fourth-order valence-corrected chi connectivity index (χ4v) is 0. The minimum atomic E-state index is -5.17. The Hall–Kier alpha value is 0.899. The standard InChI is InChI=1S/2CH2O2.3Mg.2H2O4S.2H2O/c2*2-1-3;;;;2*1-5(2,3)4;;/h2*1H,(H,2,3);;;;2*(H2,1,2,3,4);2*1H2/q;;3*+2;;;;/p-6. The van der Waals surface area contributed by atoms with Crippen LogP contribution < -0.4 is 10.2 Å². The third-order valence-electron chi connectivity index (χ3n) is 0. The molecule has 21 heavy (non-hydrogen) atoms. The van der Waals surface area contributed by atoms with Gasteiger partial charge in [-0.15, -0.1) is 0 Å².